The van der Waals surface area contributed by atoms with E-state index in [9.17, 15) is 4.79 Å². The first-order chi connectivity index (χ1) is 7.95. The second kappa shape index (κ2) is 6.55. The Labute approximate surface area is 119 Å². The predicted molar refractivity (Wildman–Crippen MR) is 78.8 cm³/mol. The number of halogens is 2. The standard InChI is InChI=1S/C13H17Br2NO/c1-8(2)12(7-14)16-13(17)11-6-10(15)5-4-9(11)3/h4-6,8,12H,7H2,1-3H3,(H,16,17). The lowest BCUT2D eigenvalue weighted by molar-refractivity contribution is 0.0931. The number of aryl methyl sites for hydroxylation is 1. The lowest BCUT2D eigenvalue weighted by Gasteiger charge is -2.20. The Balaban J connectivity index is 2.86. The van der Waals surface area contributed by atoms with Crippen molar-refractivity contribution < 1.29 is 4.79 Å². The summed E-state index contributed by atoms with van der Waals surface area (Å²) < 4.78 is 0.924. The van der Waals surface area contributed by atoms with Crippen LogP contribution in [0.15, 0.2) is 22.7 Å². The summed E-state index contributed by atoms with van der Waals surface area (Å²) in [6.07, 6.45) is 0. The van der Waals surface area contributed by atoms with Crippen LogP contribution in [0.2, 0.25) is 0 Å². The summed E-state index contributed by atoms with van der Waals surface area (Å²) in [4.78, 5) is 12.1. The molecule has 0 spiro atoms. The van der Waals surface area contributed by atoms with E-state index in [0.717, 1.165) is 20.9 Å². The summed E-state index contributed by atoms with van der Waals surface area (Å²) in [6, 6.07) is 5.89. The molecule has 0 aliphatic carbocycles. The fraction of sp³-hybridized carbons (Fsp3) is 0.462. The highest BCUT2D eigenvalue weighted by Crippen LogP contribution is 2.16. The van der Waals surface area contributed by atoms with Gasteiger partial charge in [0.25, 0.3) is 5.91 Å². The van der Waals surface area contributed by atoms with Crippen LogP contribution in [-0.2, 0) is 0 Å². The number of hydrogen-bond acceptors (Lipinski definition) is 1. The first-order valence-corrected chi connectivity index (χ1v) is 7.50. The van der Waals surface area contributed by atoms with Crippen molar-refractivity contribution in [1.82, 2.24) is 5.32 Å². The molecular weight excluding hydrogens is 346 g/mol. The van der Waals surface area contributed by atoms with Crippen molar-refractivity contribution in [3.63, 3.8) is 0 Å². The number of carbonyl (C=O) groups is 1. The third kappa shape index (κ3) is 4.11. The number of hydrogen-bond donors (Lipinski definition) is 1. The van der Waals surface area contributed by atoms with Gasteiger partial charge in [-0.3, -0.25) is 4.79 Å². The van der Waals surface area contributed by atoms with E-state index in [1.165, 1.54) is 0 Å². The average molecular weight is 363 g/mol. The maximum absolute atomic E-state index is 12.1. The van der Waals surface area contributed by atoms with Crippen LogP contribution in [0.3, 0.4) is 0 Å². The number of nitrogens with one attached hydrogen (secondary N) is 1. The molecular formula is C13H17Br2NO. The Morgan fingerprint density at radius 3 is 2.59 bits per heavy atom. The minimum atomic E-state index is -0.0121. The molecule has 0 saturated heterocycles. The molecule has 1 atom stereocenters. The van der Waals surface area contributed by atoms with Gasteiger partial charge >= 0.3 is 0 Å². The molecule has 94 valence electrons. The van der Waals surface area contributed by atoms with E-state index >= 15 is 0 Å². The Morgan fingerprint density at radius 2 is 2.06 bits per heavy atom. The van der Waals surface area contributed by atoms with Crippen LogP contribution >= 0.6 is 31.9 Å². The van der Waals surface area contributed by atoms with Crippen molar-refractivity contribution in [2.75, 3.05) is 5.33 Å². The molecule has 1 rings (SSSR count). The summed E-state index contributed by atoms with van der Waals surface area (Å²) in [6.45, 7) is 6.14. The van der Waals surface area contributed by atoms with Crippen molar-refractivity contribution in [3.8, 4) is 0 Å². The van der Waals surface area contributed by atoms with Crippen LogP contribution in [-0.4, -0.2) is 17.3 Å². The molecule has 1 amide bonds. The molecule has 0 aromatic heterocycles. The molecule has 1 aromatic carbocycles. The lowest BCUT2D eigenvalue weighted by atomic mass is 10.0. The summed E-state index contributed by atoms with van der Waals surface area (Å²) in [5.74, 6) is 0.396. The Morgan fingerprint density at radius 1 is 1.41 bits per heavy atom. The fourth-order valence-electron chi connectivity index (χ4n) is 1.47. The molecule has 0 aliphatic rings. The molecule has 1 aromatic rings. The van der Waals surface area contributed by atoms with Crippen molar-refractivity contribution in [2.45, 2.75) is 26.8 Å². The second-order valence-corrected chi connectivity index (χ2v) is 6.00. The minimum Gasteiger partial charge on any atom is -0.348 e. The van der Waals surface area contributed by atoms with Crippen molar-refractivity contribution >= 4 is 37.8 Å². The topological polar surface area (TPSA) is 29.1 Å². The highest BCUT2D eigenvalue weighted by molar-refractivity contribution is 9.10. The third-order valence-corrected chi connectivity index (χ3v) is 3.92. The Kier molecular flexibility index (Phi) is 5.67. The number of rotatable bonds is 4. The second-order valence-electron chi connectivity index (χ2n) is 4.44. The van der Waals surface area contributed by atoms with Gasteiger partial charge in [-0.1, -0.05) is 51.8 Å². The first kappa shape index (κ1) is 14.7. The molecule has 1 N–H and O–H groups in total. The van der Waals surface area contributed by atoms with E-state index in [1.54, 1.807) is 0 Å². The van der Waals surface area contributed by atoms with Gasteiger partial charge in [0.2, 0.25) is 0 Å². The Bertz CT molecular complexity index is 404. The van der Waals surface area contributed by atoms with E-state index in [1.807, 2.05) is 25.1 Å². The van der Waals surface area contributed by atoms with Gasteiger partial charge in [0.05, 0.1) is 0 Å². The molecule has 0 aliphatic heterocycles. The number of amides is 1. The highest BCUT2D eigenvalue weighted by atomic mass is 79.9. The maximum atomic E-state index is 12.1. The van der Waals surface area contributed by atoms with Crippen molar-refractivity contribution in [1.29, 1.82) is 0 Å². The molecule has 1 unspecified atom stereocenters. The molecule has 17 heavy (non-hydrogen) atoms. The number of carbonyl (C=O) groups excluding carboxylic acids is 1. The average Bonchev–Trinajstić information content (AvgIpc) is 2.28. The quantitative estimate of drug-likeness (QED) is 0.808. The molecule has 0 bridgehead atoms. The smallest absolute Gasteiger partial charge is 0.251 e. The predicted octanol–water partition coefficient (Wildman–Crippen LogP) is 3.91. The number of benzene rings is 1. The van der Waals surface area contributed by atoms with Crippen LogP contribution in [0.1, 0.15) is 29.8 Å². The van der Waals surface area contributed by atoms with Crippen LogP contribution in [0.5, 0.6) is 0 Å². The lowest BCUT2D eigenvalue weighted by Crippen LogP contribution is -2.40. The van der Waals surface area contributed by atoms with E-state index < -0.39 is 0 Å². The van der Waals surface area contributed by atoms with Gasteiger partial charge < -0.3 is 5.32 Å². The molecule has 0 heterocycles. The Hall–Kier alpha value is -0.350. The van der Waals surface area contributed by atoms with E-state index in [0.29, 0.717) is 5.92 Å². The zero-order valence-corrected chi connectivity index (χ0v) is 13.4. The van der Waals surface area contributed by atoms with E-state index in [2.05, 4.69) is 51.0 Å². The summed E-state index contributed by atoms with van der Waals surface area (Å²) in [5, 5.41) is 3.81. The van der Waals surface area contributed by atoms with Crippen LogP contribution in [0.4, 0.5) is 0 Å². The van der Waals surface area contributed by atoms with Gasteiger partial charge in [0, 0.05) is 21.4 Å². The normalized spacial score (nSPS) is 12.6. The molecule has 4 heteroatoms. The van der Waals surface area contributed by atoms with Gasteiger partial charge in [-0.05, 0) is 30.5 Å². The van der Waals surface area contributed by atoms with Gasteiger partial charge in [-0.15, -0.1) is 0 Å². The van der Waals surface area contributed by atoms with E-state index in [4.69, 9.17) is 0 Å². The van der Waals surface area contributed by atoms with E-state index in [-0.39, 0.29) is 11.9 Å². The fourth-order valence-corrected chi connectivity index (χ4v) is 2.74. The summed E-state index contributed by atoms with van der Waals surface area (Å²) in [5.41, 5.74) is 1.72. The third-order valence-electron chi connectivity index (χ3n) is 2.73. The molecule has 0 fully saturated rings. The summed E-state index contributed by atoms with van der Waals surface area (Å²) >= 11 is 6.81. The summed E-state index contributed by atoms with van der Waals surface area (Å²) in [7, 11) is 0. The maximum Gasteiger partial charge on any atom is 0.251 e. The zero-order chi connectivity index (χ0) is 13.0. The largest absolute Gasteiger partial charge is 0.348 e. The highest BCUT2D eigenvalue weighted by Gasteiger charge is 2.17. The molecule has 2 nitrogen and oxygen atoms in total. The molecule has 0 saturated carbocycles. The number of alkyl halides is 1. The van der Waals surface area contributed by atoms with Crippen molar-refractivity contribution in [2.24, 2.45) is 5.92 Å². The monoisotopic (exact) mass is 361 g/mol. The van der Waals surface area contributed by atoms with Gasteiger partial charge in [-0.25, -0.2) is 0 Å². The van der Waals surface area contributed by atoms with Gasteiger partial charge in [0.1, 0.15) is 0 Å². The first-order valence-electron chi connectivity index (χ1n) is 5.58. The van der Waals surface area contributed by atoms with Crippen LogP contribution in [0.25, 0.3) is 0 Å². The zero-order valence-electron chi connectivity index (χ0n) is 10.3. The van der Waals surface area contributed by atoms with Crippen LogP contribution in [0, 0.1) is 12.8 Å². The van der Waals surface area contributed by atoms with Crippen LogP contribution < -0.4 is 5.32 Å². The SMILES string of the molecule is Cc1ccc(Br)cc1C(=O)NC(CBr)C(C)C. The van der Waals surface area contributed by atoms with Gasteiger partial charge in [0.15, 0.2) is 0 Å². The minimum absolute atomic E-state index is 0.0121. The van der Waals surface area contributed by atoms with Crippen molar-refractivity contribution in [3.05, 3.63) is 33.8 Å². The molecule has 0 radical (unpaired) electrons. The van der Waals surface area contributed by atoms with Gasteiger partial charge in [-0.2, -0.15) is 0 Å².